The minimum Gasteiger partial charge on any atom is -0.389 e. The number of alkyl halides is 6. The maximum atomic E-state index is 13.7. The molecule has 2 N–H and O–H groups in total. The number of aryl methyl sites for hydroxylation is 2. The van der Waals surface area contributed by atoms with E-state index in [2.05, 4.69) is 9.97 Å². The fourth-order valence-corrected chi connectivity index (χ4v) is 5.83. The highest BCUT2D eigenvalue weighted by atomic mass is 19.4. The molecule has 4 nitrogen and oxygen atoms in total. The molecule has 1 aliphatic rings. The summed E-state index contributed by atoms with van der Waals surface area (Å²) in [5, 5.41) is 11.6. The molecule has 0 saturated heterocycles. The second-order valence-electron chi connectivity index (χ2n) is 10.9. The lowest BCUT2D eigenvalue weighted by molar-refractivity contribution is -0.142. The highest BCUT2D eigenvalue weighted by molar-refractivity contribution is 5.80. The zero-order valence-corrected chi connectivity index (χ0v) is 22.0. The van der Waals surface area contributed by atoms with Crippen molar-refractivity contribution in [1.82, 2.24) is 14.9 Å². The Morgan fingerprint density at radius 1 is 1.08 bits per heavy atom. The summed E-state index contributed by atoms with van der Waals surface area (Å²) in [6.45, 7) is 5.17. The minimum absolute atomic E-state index is 0.0933. The molecule has 1 aliphatic carbocycles. The number of nitrogens with one attached hydrogen (secondary N) is 1. The fourth-order valence-electron chi connectivity index (χ4n) is 5.83. The quantitative estimate of drug-likeness (QED) is 0.289. The molecule has 0 fully saturated rings. The normalized spacial score (nSPS) is 20.3. The fraction of sp³-hybridized carbons (Fsp3) is 0.536. The molecule has 0 amide bonds. The van der Waals surface area contributed by atoms with Gasteiger partial charge in [0.2, 0.25) is 0 Å². The van der Waals surface area contributed by atoms with Crippen molar-refractivity contribution >= 4 is 11.0 Å². The second-order valence-corrected chi connectivity index (χ2v) is 10.9. The standard InChI is InChI=1S/C28H32F7N3O/c1-16(2)24-20-7-6-19(29)13-17(20)8-9-26(24,39)10-12-38(3)11-4-5-23-36-22-15-18(27(30,31)32)14-21(25(22)37-23)28(33,34)35/h6-7,13-16,24,39H,4-5,8-12H2,1-3H3,(H,36,37)/t24?,26-/m0/s1. The highest BCUT2D eigenvalue weighted by Gasteiger charge is 2.43. The van der Waals surface area contributed by atoms with E-state index in [4.69, 9.17) is 0 Å². The molecule has 0 bridgehead atoms. The average Bonchev–Trinajstić information content (AvgIpc) is 3.23. The number of benzene rings is 2. The number of hydrogen-bond acceptors (Lipinski definition) is 3. The summed E-state index contributed by atoms with van der Waals surface area (Å²) in [4.78, 5) is 8.58. The molecule has 0 spiro atoms. The van der Waals surface area contributed by atoms with Gasteiger partial charge in [0.1, 0.15) is 17.2 Å². The summed E-state index contributed by atoms with van der Waals surface area (Å²) in [7, 11) is 1.87. The van der Waals surface area contributed by atoms with Crippen LogP contribution in [0.4, 0.5) is 30.7 Å². The smallest absolute Gasteiger partial charge is 0.389 e. The third-order valence-electron chi connectivity index (χ3n) is 7.66. The highest BCUT2D eigenvalue weighted by Crippen LogP contribution is 2.46. The monoisotopic (exact) mass is 559 g/mol. The van der Waals surface area contributed by atoms with E-state index in [0.717, 1.165) is 11.1 Å². The van der Waals surface area contributed by atoms with Crippen LogP contribution in [0.1, 0.15) is 67.1 Å². The molecule has 0 saturated carbocycles. The number of nitrogens with zero attached hydrogens (tertiary/aromatic N) is 2. The molecule has 214 valence electrons. The van der Waals surface area contributed by atoms with Crippen LogP contribution in [-0.4, -0.2) is 45.7 Å². The van der Waals surface area contributed by atoms with Crippen molar-refractivity contribution < 1.29 is 35.8 Å². The summed E-state index contributed by atoms with van der Waals surface area (Å²) in [6, 6.07) is 5.46. The lowest BCUT2D eigenvalue weighted by atomic mass is 9.66. The lowest BCUT2D eigenvalue weighted by Crippen LogP contribution is -2.45. The number of fused-ring (bicyclic) bond motifs is 2. The van der Waals surface area contributed by atoms with Crippen LogP contribution >= 0.6 is 0 Å². The topological polar surface area (TPSA) is 52.1 Å². The lowest BCUT2D eigenvalue weighted by Gasteiger charge is -2.44. The summed E-state index contributed by atoms with van der Waals surface area (Å²) < 4.78 is 93.4. The van der Waals surface area contributed by atoms with E-state index >= 15 is 0 Å². The number of rotatable bonds is 8. The van der Waals surface area contributed by atoms with Crippen molar-refractivity contribution in [3.8, 4) is 0 Å². The van der Waals surface area contributed by atoms with Crippen LogP contribution in [0.15, 0.2) is 30.3 Å². The number of aromatic nitrogens is 2. The van der Waals surface area contributed by atoms with Crippen LogP contribution in [-0.2, 0) is 25.2 Å². The molecule has 1 aromatic heterocycles. The Hall–Kier alpha value is -2.66. The summed E-state index contributed by atoms with van der Waals surface area (Å²) in [5.41, 5.74) is -2.70. The molecule has 3 aromatic rings. The molecular formula is C28H32F7N3O. The van der Waals surface area contributed by atoms with Crippen LogP contribution in [0.5, 0.6) is 0 Å². The van der Waals surface area contributed by atoms with Crippen molar-refractivity contribution in [2.24, 2.45) is 5.92 Å². The first-order chi connectivity index (χ1) is 18.1. The van der Waals surface area contributed by atoms with Gasteiger partial charge in [-0.2, -0.15) is 26.3 Å². The van der Waals surface area contributed by atoms with Crippen LogP contribution < -0.4 is 0 Å². The van der Waals surface area contributed by atoms with E-state index in [0.29, 0.717) is 44.8 Å². The van der Waals surface area contributed by atoms with E-state index < -0.39 is 34.6 Å². The van der Waals surface area contributed by atoms with Gasteiger partial charge in [0.15, 0.2) is 0 Å². The van der Waals surface area contributed by atoms with E-state index in [-0.39, 0.29) is 41.5 Å². The molecular weight excluding hydrogens is 527 g/mol. The van der Waals surface area contributed by atoms with Crippen LogP contribution in [0, 0.1) is 11.7 Å². The van der Waals surface area contributed by atoms with Gasteiger partial charge in [0.25, 0.3) is 0 Å². The van der Waals surface area contributed by atoms with Gasteiger partial charge in [-0.15, -0.1) is 0 Å². The van der Waals surface area contributed by atoms with E-state index in [9.17, 15) is 35.8 Å². The van der Waals surface area contributed by atoms with Gasteiger partial charge >= 0.3 is 12.4 Å². The zero-order valence-electron chi connectivity index (χ0n) is 22.0. The summed E-state index contributed by atoms with van der Waals surface area (Å²) >= 11 is 0. The Bertz CT molecular complexity index is 1310. The van der Waals surface area contributed by atoms with Gasteiger partial charge in [-0.25, -0.2) is 9.37 Å². The van der Waals surface area contributed by atoms with Gasteiger partial charge in [-0.1, -0.05) is 19.9 Å². The van der Waals surface area contributed by atoms with Crippen molar-refractivity contribution in [3.05, 3.63) is 64.2 Å². The third kappa shape index (κ3) is 6.40. The number of aliphatic hydroxyl groups is 1. The van der Waals surface area contributed by atoms with E-state index in [1.54, 1.807) is 6.07 Å². The van der Waals surface area contributed by atoms with Gasteiger partial charge in [0.05, 0.1) is 22.2 Å². The third-order valence-corrected chi connectivity index (χ3v) is 7.66. The zero-order chi connectivity index (χ0) is 28.8. The first kappa shape index (κ1) is 29.3. The number of H-pyrrole nitrogens is 1. The molecule has 0 radical (unpaired) electrons. The Kier molecular flexibility index (Phi) is 8.06. The Morgan fingerprint density at radius 3 is 2.44 bits per heavy atom. The maximum Gasteiger partial charge on any atom is 0.418 e. The SMILES string of the molecule is CC(C)C1c2ccc(F)cc2CC[C@]1(O)CCN(C)CCCc1nc2c(C(F)(F)F)cc(C(F)(F)F)cc2[nH]1. The Labute approximate surface area is 222 Å². The molecule has 2 aromatic carbocycles. The van der Waals surface area contributed by atoms with Crippen molar-refractivity contribution in [2.75, 3.05) is 20.1 Å². The summed E-state index contributed by atoms with van der Waals surface area (Å²) in [5.74, 6) is -0.119. The first-order valence-electron chi connectivity index (χ1n) is 12.9. The molecule has 39 heavy (non-hydrogen) atoms. The van der Waals surface area contributed by atoms with Crippen molar-refractivity contribution in [1.29, 1.82) is 0 Å². The average molecular weight is 560 g/mol. The van der Waals surface area contributed by atoms with E-state index in [1.165, 1.54) is 12.1 Å². The molecule has 1 heterocycles. The van der Waals surface area contributed by atoms with Gasteiger partial charge in [0, 0.05) is 18.9 Å². The summed E-state index contributed by atoms with van der Waals surface area (Å²) in [6.07, 6.45) is -7.57. The van der Waals surface area contributed by atoms with Crippen LogP contribution in [0.3, 0.4) is 0 Å². The largest absolute Gasteiger partial charge is 0.418 e. The van der Waals surface area contributed by atoms with Gasteiger partial charge in [-0.3, -0.25) is 0 Å². The van der Waals surface area contributed by atoms with Gasteiger partial charge < -0.3 is 15.0 Å². The minimum atomic E-state index is -4.98. The maximum absolute atomic E-state index is 13.7. The predicted octanol–water partition coefficient (Wildman–Crippen LogP) is 7.11. The molecule has 11 heteroatoms. The van der Waals surface area contributed by atoms with Crippen LogP contribution in [0.2, 0.25) is 0 Å². The van der Waals surface area contributed by atoms with Gasteiger partial charge in [-0.05, 0) is 80.6 Å². The van der Waals surface area contributed by atoms with E-state index in [1.807, 2.05) is 25.8 Å². The first-order valence-corrected chi connectivity index (χ1v) is 12.9. The van der Waals surface area contributed by atoms with Crippen molar-refractivity contribution in [3.63, 3.8) is 0 Å². The number of imidazole rings is 1. The van der Waals surface area contributed by atoms with Crippen LogP contribution in [0.25, 0.3) is 11.0 Å². The number of halogens is 7. The molecule has 2 atom stereocenters. The molecule has 0 aliphatic heterocycles. The number of aromatic amines is 1. The Balaban J connectivity index is 1.39. The molecule has 4 rings (SSSR count). The second kappa shape index (κ2) is 10.7. The Morgan fingerprint density at radius 2 is 1.79 bits per heavy atom. The number of hydrogen-bond donors (Lipinski definition) is 2. The van der Waals surface area contributed by atoms with Crippen molar-refractivity contribution in [2.45, 2.75) is 69.8 Å². The predicted molar refractivity (Wildman–Crippen MR) is 134 cm³/mol. The molecule has 1 unspecified atom stereocenters.